The Kier molecular flexibility index (Phi) is 5.30. The van der Waals surface area contributed by atoms with E-state index in [2.05, 4.69) is 10.4 Å². The van der Waals surface area contributed by atoms with Crippen LogP contribution in [0.25, 0.3) is 5.69 Å². The Morgan fingerprint density at radius 2 is 1.70 bits per heavy atom. The number of nitrogens with one attached hydrogen (secondary N) is 1. The first-order valence-electron chi connectivity index (χ1n) is 9.09. The van der Waals surface area contributed by atoms with Crippen LogP contribution in [0.5, 0.6) is 5.75 Å². The molecular weight excluding hydrogens is 392 g/mol. The Balaban J connectivity index is 1.45. The highest BCUT2D eigenvalue weighted by atomic mass is 19.1. The van der Waals surface area contributed by atoms with E-state index >= 15 is 0 Å². The molecule has 6 nitrogen and oxygen atoms in total. The molecule has 2 heterocycles. The number of benzene rings is 2. The van der Waals surface area contributed by atoms with Gasteiger partial charge in [0.05, 0.1) is 11.4 Å². The maximum atomic E-state index is 13.2. The van der Waals surface area contributed by atoms with Crippen molar-refractivity contribution in [2.45, 2.75) is 13.5 Å². The lowest BCUT2D eigenvalue weighted by Crippen LogP contribution is -2.14. The van der Waals surface area contributed by atoms with Crippen molar-refractivity contribution in [1.82, 2.24) is 9.78 Å². The van der Waals surface area contributed by atoms with Crippen LogP contribution in [-0.4, -0.2) is 15.7 Å². The van der Waals surface area contributed by atoms with Gasteiger partial charge < -0.3 is 14.5 Å². The topological polar surface area (TPSA) is 69.3 Å². The molecule has 8 heteroatoms. The maximum absolute atomic E-state index is 13.2. The van der Waals surface area contributed by atoms with Gasteiger partial charge in [-0.15, -0.1) is 0 Å². The van der Waals surface area contributed by atoms with Gasteiger partial charge in [-0.2, -0.15) is 5.10 Å². The molecule has 0 unspecified atom stereocenters. The Labute approximate surface area is 170 Å². The van der Waals surface area contributed by atoms with Crippen LogP contribution in [0.4, 0.5) is 14.6 Å². The van der Waals surface area contributed by atoms with E-state index in [9.17, 15) is 13.6 Å². The van der Waals surface area contributed by atoms with Gasteiger partial charge >= 0.3 is 0 Å². The van der Waals surface area contributed by atoms with Gasteiger partial charge in [0.25, 0.3) is 5.91 Å². The van der Waals surface area contributed by atoms with Crippen molar-refractivity contribution < 1.29 is 22.7 Å². The smallest absolute Gasteiger partial charge is 0.292 e. The molecule has 0 radical (unpaired) electrons. The molecule has 0 aliphatic rings. The number of carbonyl (C=O) groups excluding carboxylic acids is 1. The molecule has 4 aromatic rings. The van der Waals surface area contributed by atoms with Gasteiger partial charge in [0.1, 0.15) is 35.6 Å². The zero-order valence-corrected chi connectivity index (χ0v) is 15.9. The lowest BCUT2D eigenvalue weighted by atomic mass is 10.3. The summed E-state index contributed by atoms with van der Waals surface area (Å²) in [5.41, 5.74) is 1.29. The van der Waals surface area contributed by atoms with Crippen LogP contribution < -0.4 is 10.1 Å². The van der Waals surface area contributed by atoms with Gasteiger partial charge in [-0.05, 0) is 67.6 Å². The molecule has 1 amide bonds. The van der Waals surface area contributed by atoms with Crippen LogP contribution >= 0.6 is 0 Å². The summed E-state index contributed by atoms with van der Waals surface area (Å²) in [6.07, 6.45) is 0. The molecule has 0 spiro atoms. The number of carbonyl (C=O) groups is 1. The van der Waals surface area contributed by atoms with E-state index in [0.717, 1.165) is 0 Å². The molecular formula is C22H17F2N3O3. The number of anilines is 1. The summed E-state index contributed by atoms with van der Waals surface area (Å²) in [7, 11) is 0. The summed E-state index contributed by atoms with van der Waals surface area (Å²) >= 11 is 0. The lowest BCUT2D eigenvalue weighted by Gasteiger charge is -2.08. The second-order valence-corrected chi connectivity index (χ2v) is 6.52. The fourth-order valence-corrected chi connectivity index (χ4v) is 2.81. The number of hydrogen-bond donors (Lipinski definition) is 1. The van der Waals surface area contributed by atoms with Gasteiger partial charge in [0.2, 0.25) is 0 Å². The minimum atomic E-state index is -0.466. The maximum Gasteiger partial charge on any atom is 0.292 e. The molecule has 152 valence electrons. The van der Waals surface area contributed by atoms with Gasteiger partial charge in [-0.1, -0.05) is 0 Å². The number of ether oxygens (including phenoxy) is 1. The molecule has 2 aromatic heterocycles. The monoisotopic (exact) mass is 409 g/mol. The van der Waals surface area contributed by atoms with Crippen molar-refractivity contribution in [2.75, 3.05) is 5.32 Å². The average Bonchev–Trinajstić information content (AvgIpc) is 3.35. The predicted molar refractivity (Wildman–Crippen MR) is 106 cm³/mol. The Bertz CT molecular complexity index is 1170. The van der Waals surface area contributed by atoms with Gasteiger partial charge in [0, 0.05) is 6.07 Å². The Morgan fingerprint density at radius 1 is 1.03 bits per heavy atom. The van der Waals surface area contributed by atoms with E-state index in [1.165, 1.54) is 47.1 Å². The van der Waals surface area contributed by atoms with Crippen LogP contribution in [-0.2, 0) is 6.61 Å². The number of halogens is 2. The summed E-state index contributed by atoms with van der Waals surface area (Å²) < 4.78 is 38.7. The van der Waals surface area contributed by atoms with Crippen molar-refractivity contribution in [1.29, 1.82) is 0 Å². The van der Waals surface area contributed by atoms with Crippen LogP contribution in [0.1, 0.15) is 22.0 Å². The zero-order chi connectivity index (χ0) is 21.1. The van der Waals surface area contributed by atoms with Gasteiger partial charge in [-0.3, -0.25) is 4.79 Å². The molecule has 0 saturated carbocycles. The molecule has 0 aliphatic carbocycles. The number of aryl methyl sites for hydroxylation is 1. The van der Waals surface area contributed by atoms with E-state index in [1.807, 2.05) is 0 Å². The van der Waals surface area contributed by atoms with Crippen LogP contribution in [0.3, 0.4) is 0 Å². The Morgan fingerprint density at radius 3 is 2.40 bits per heavy atom. The second-order valence-electron chi connectivity index (χ2n) is 6.52. The molecule has 0 atom stereocenters. The number of amides is 1. The van der Waals surface area contributed by atoms with Crippen LogP contribution in [0.15, 0.2) is 71.1 Å². The summed E-state index contributed by atoms with van der Waals surface area (Å²) in [5, 5.41) is 7.08. The third-order valence-electron chi connectivity index (χ3n) is 4.22. The fourth-order valence-electron chi connectivity index (χ4n) is 2.81. The third kappa shape index (κ3) is 4.38. The molecule has 4 rings (SSSR count). The van der Waals surface area contributed by atoms with E-state index in [1.54, 1.807) is 31.2 Å². The number of furan rings is 1. The summed E-state index contributed by atoms with van der Waals surface area (Å²) in [4.78, 5) is 12.6. The highest BCUT2D eigenvalue weighted by Crippen LogP contribution is 2.20. The molecule has 30 heavy (non-hydrogen) atoms. The van der Waals surface area contributed by atoms with Crippen molar-refractivity contribution in [3.05, 3.63) is 95.6 Å². The van der Waals surface area contributed by atoms with Crippen molar-refractivity contribution in [3.8, 4) is 11.4 Å². The third-order valence-corrected chi connectivity index (χ3v) is 4.22. The largest absolute Gasteiger partial charge is 0.486 e. The van der Waals surface area contributed by atoms with E-state index in [4.69, 9.17) is 9.15 Å². The molecule has 1 N–H and O–H groups in total. The summed E-state index contributed by atoms with van der Waals surface area (Å²) in [6.45, 7) is 1.87. The lowest BCUT2D eigenvalue weighted by molar-refractivity contribution is 0.0992. The SMILES string of the molecule is Cc1cc(NC(=O)c2ccc(COc3ccc(F)cc3)o2)n(-c2ccc(F)cc2)n1. The molecule has 0 saturated heterocycles. The first-order valence-corrected chi connectivity index (χ1v) is 9.09. The van der Waals surface area contributed by atoms with Gasteiger partial charge in [-0.25, -0.2) is 13.5 Å². The number of hydrogen-bond acceptors (Lipinski definition) is 4. The second kappa shape index (κ2) is 8.20. The van der Waals surface area contributed by atoms with Crippen molar-refractivity contribution in [3.63, 3.8) is 0 Å². The highest BCUT2D eigenvalue weighted by molar-refractivity contribution is 6.02. The zero-order valence-electron chi connectivity index (χ0n) is 15.9. The van der Waals surface area contributed by atoms with E-state index in [-0.39, 0.29) is 24.0 Å². The number of aromatic nitrogens is 2. The first-order chi connectivity index (χ1) is 14.5. The van der Waals surface area contributed by atoms with Crippen LogP contribution in [0.2, 0.25) is 0 Å². The van der Waals surface area contributed by atoms with Crippen molar-refractivity contribution >= 4 is 11.7 Å². The molecule has 0 fully saturated rings. The number of nitrogens with zero attached hydrogens (tertiary/aromatic N) is 2. The van der Waals surface area contributed by atoms with Crippen LogP contribution in [0, 0.1) is 18.6 Å². The highest BCUT2D eigenvalue weighted by Gasteiger charge is 2.16. The summed E-state index contributed by atoms with van der Waals surface area (Å²) in [6, 6.07) is 16.2. The van der Waals surface area contributed by atoms with E-state index < -0.39 is 5.91 Å². The molecule has 0 aliphatic heterocycles. The summed E-state index contributed by atoms with van der Waals surface area (Å²) in [5.74, 6) is 0.256. The Hall–Kier alpha value is -3.94. The number of rotatable bonds is 6. The van der Waals surface area contributed by atoms with Crippen molar-refractivity contribution in [2.24, 2.45) is 0 Å². The van der Waals surface area contributed by atoms with E-state index in [0.29, 0.717) is 28.7 Å². The molecule has 0 bridgehead atoms. The van der Waals surface area contributed by atoms with Gasteiger partial charge in [0.15, 0.2) is 5.76 Å². The normalized spacial score (nSPS) is 10.8. The predicted octanol–water partition coefficient (Wildman–Crippen LogP) is 4.88. The fraction of sp³-hybridized carbons (Fsp3) is 0.0909. The minimum absolute atomic E-state index is 0.0888. The first kappa shape index (κ1) is 19.4. The average molecular weight is 409 g/mol. The molecule has 2 aromatic carbocycles. The quantitative estimate of drug-likeness (QED) is 0.493. The minimum Gasteiger partial charge on any atom is -0.486 e. The standard InChI is InChI=1S/C22H17F2N3O3/c1-14-12-21(27(26-14)17-6-2-15(23)3-7-17)25-22(28)20-11-10-19(30-20)13-29-18-8-4-16(24)5-9-18/h2-12H,13H2,1H3,(H,25,28).